The van der Waals surface area contributed by atoms with E-state index in [1.165, 1.54) is 34.0 Å². The molecule has 3 heterocycles. The maximum Gasteiger partial charge on any atom is 0.261 e. The van der Waals surface area contributed by atoms with Crippen molar-refractivity contribution < 1.29 is 9.18 Å². The predicted octanol–water partition coefficient (Wildman–Crippen LogP) is 3.00. The quantitative estimate of drug-likeness (QED) is 0.692. The normalized spacial score (nSPS) is 12.9. The molecule has 0 atom stereocenters. The number of carbonyl (C=O) groups is 1. The van der Waals surface area contributed by atoms with E-state index >= 15 is 0 Å². The van der Waals surface area contributed by atoms with Crippen LogP contribution < -0.4 is 15.5 Å². The molecule has 9 nitrogen and oxygen atoms in total. The number of nitrogens with zero attached hydrogens (tertiary/aromatic N) is 7. The van der Waals surface area contributed by atoms with Crippen molar-refractivity contribution in [3.05, 3.63) is 41.5 Å². The summed E-state index contributed by atoms with van der Waals surface area (Å²) >= 11 is 0. The van der Waals surface area contributed by atoms with Crippen molar-refractivity contribution >= 4 is 29.0 Å². The molecular weight excluding hydrogens is 399 g/mol. The van der Waals surface area contributed by atoms with Crippen LogP contribution in [0.15, 0.2) is 24.4 Å². The summed E-state index contributed by atoms with van der Waals surface area (Å²) in [5, 5.41) is 13.9. The maximum absolute atomic E-state index is 14.3. The number of rotatable bonds is 3. The summed E-state index contributed by atoms with van der Waals surface area (Å²) in [7, 11) is 3.22. The molecule has 0 spiro atoms. The van der Waals surface area contributed by atoms with Gasteiger partial charge in [0.15, 0.2) is 17.3 Å². The van der Waals surface area contributed by atoms with Gasteiger partial charge in [0.05, 0.1) is 28.7 Å². The maximum atomic E-state index is 14.3. The second-order valence-corrected chi connectivity index (χ2v) is 7.28. The standard InChI is InChI=1S/C21H21FN8O/c1-4-5-8-30-16-9-12(22)6-7-13(16)21(31)28(2)20-17(14(10-23)27-29(20)3)15-11-25-18(24)19(30)26-15/h6-7,9,11H,4-5,8H2,1-3H3,(H2,24,25). The lowest BCUT2D eigenvalue weighted by Gasteiger charge is -2.29. The molecule has 0 radical (unpaired) electrons. The number of nitrogen functional groups attached to an aromatic ring is 1. The van der Waals surface area contributed by atoms with Crippen molar-refractivity contribution in [2.24, 2.45) is 7.05 Å². The summed E-state index contributed by atoms with van der Waals surface area (Å²) in [6.45, 7) is 2.48. The largest absolute Gasteiger partial charge is 0.381 e. The third-order valence-electron chi connectivity index (χ3n) is 5.25. The van der Waals surface area contributed by atoms with E-state index in [2.05, 4.69) is 16.2 Å². The number of aryl methyl sites for hydroxylation is 1. The van der Waals surface area contributed by atoms with Gasteiger partial charge in [0.1, 0.15) is 17.7 Å². The van der Waals surface area contributed by atoms with Crippen molar-refractivity contribution in [1.29, 1.82) is 5.26 Å². The van der Waals surface area contributed by atoms with E-state index < -0.39 is 5.82 Å². The van der Waals surface area contributed by atoms with E-state index in [1.54, 1.807) is 19.0 Å². The molecular formula is C21H21FN8O. The minimum atomic E-state index is -0.483. The van der Waals surface area contributed by atoms with Crippen molar-refractivity contribution in [2.45, 2.75) is 19.8 Å². The van der Waals surface area contributed by atoms with Crippen LogP contribution in [-0.2, 0) is 7.05 Å². The number of amides is 1. The Balaban J connectivity index is 2.11. The molecule has 1 aliphatic heterocycles. The van der Waals surface area contributed by atoms with Gasteiger partial charge in [0, 0.05) is 20.6 Å². The van der Waals surface area contributed by atoms with Crippen LogP contribution in [0.4, 0.5) is 27.5 Å². The van der Waals surface area contributed by atoms with Crippen LogP contribution in [-0.4, -0.2) is 39.2 Å². The topological polar surface area (TPSA) is 117 Å². The first-order valence-electron chi connectivity index (χ1n) is 9.82. The number of benzene rings is 1. The summed E-state index contributed by atoms with van der Waals surface area (Å²) in [5.41, 5.74) is 7.65. The fraction of sp³-hybridized carbons (Fsp3) is 0.286. The van der Waals surface area contributed by atoms with Gasteiger partial charge in [-0.15, -0.1) is 0 Å². The molecule has 4 rings (SSSR count). The van der Waals surface area contributed by atoms with Crippen molar-refractivity contribution in [2.75, 3.05) is 29.1 Å². The molecule has 0 aliphatic carbocycles. The number of fused-ring (bicyclic) bond motifs is 5. The molecule has 1 amide bonds. The number of anilines is 4. The molecule has 10 heteroatoms. The Morgan fingerprint density at radius 3 is 2.77 bits per heavy atom. The summed E-state index contributed by atoms with van der Waals surface area (Å²) in [5.74, 6) is -0.0385. The summed E-state index contributed by atoms with van der Waals surface area (Å²) in [6.07, 6.45) is 3.07. The van der Waals surface area contributed by atoms with Gasteiger partial charge in [-0.25, -0.2) is 14.4 Å². The number of halogens is 1. The number of nitrogens with two attached hydrogens (primary N) is 1. The zero-order valence-corrected chi connectivity index (χ0v) is 17.4. The second-order valence-electron chi connectivity index (χ2n) is 7.28. The minimum absolute atomic E-state index is 0.113. The van der Waals surface area contributed by atoms with E-state index in [-0.39, 0.29) is 23.0 Å². The number of hydrogen-bond donors (Lipinski definition) is 1. The lowest BCUT2D eigenvalue weighted by atomic mass is 10.1. The van der Waals surface area contributed by atoms with Crippen LogP contribution in [0, 0.1) is 17.1 Å². The van der Waals surface area contributed by atoms with Gasteiger partial charge in [-0.05, 0) is 24.6 Å². The Morgan fingerprint density at radius 2 is 2.06 bits per heavy atom. The van der Waals surface area contributed by atoms with Gasteiger partial charge < -0.3 is 10.6 Å². The molecule has 0 saturated heterocycles. The van der Waals surface area contributed by atoms with E-state index in [0.717, 1.165) is 12.8 Å². The average Bonchev–Trinajstić information content (AvgIpc) is 3.10. The van der Waals surface area contributed by atoms with Gasteiger partial charge in [0.2, 0.25) is 0 Å². The first-order chi connectivity index (χ1) is 14.9. The SMILES string of the molecule is CCCCN1c2cc(F)ccc2C(=O)N(C)c2c(c(C#N)nn2C)-c2cnc(N)c1n2. The Morgan fingerprint density at radius 1 is 1.29 bits per heavy atom. The molecule has 2 aromatic heterocycles. The monoisotopic (exact) mass is 420 g/mol. The summed E-state index contributed by atoms with van der Waals surface area (Å²) < 4.78 is 15.7. The fourth-order valence-corrected chi connectivity index (χ4v) is 3.76. The van der Waals surface area contributed by atoms with Gasteiger partial charge in [-0.3, -0.25) is 14.4 Å². The Bertz CT molecular complexity index is 1230. The van der Waals surface area contributed by atoms with Gasteiger partial charge in [-0.1, -0.05) is 13.3 Å². The van der Waals surface area contributed by atoms with Crippen LogP contribution in [0.2, 0.25) is 0 Å². The lowest BCUT2D eigenvalue weighted by molar-refractivity contribution is 0.0992. The second kappa shape index (κ2) is 7.68. The highest BCUT2D eigenvalue weighted by Crippen LogP contribution is 2.39. The van der Waals surface area contributed by atoms with Crippen molar-refractivity contribution in [3.63, 3.8) is 0 Å². The highest BCUT2D eigenvalue weighted by molar-refractivity contribution is 6.11. The number of aromatic nitrogens is 4. The Kier molecular flexibility index (Phi) is 5.02. The van der Waals surface area contributed by atoms with Crippen molar-refractivity contribution in [1.82, 2.24) is 19.7 Å². The summed E-state index contributed by atoms with van der Waals surface area (Å²) in [6, 6.07) is 6.05. The minimum Gasteiger partial charge on any atom is -0.381 e. The molecule has 1 aromatic carbocycles. The molecule has 3 aromatic rings. The molecule has 0 fully saturated rings. The van der Waals surface area contributed by atoms with Crippen LogP contribution in [0.1, 0.15) is 35.8 Å². The molecule has 158 valence electrons. The molecule has 31 heavy (non-hydrogen) atoms. The zero-order valence-electron chi connectivity index (χ0n) is 17.4. The third kappa shape index (κ3) is 3.24. The van der Waals surface area contributed by atoms with Crippen LogP contribution >= 0.6 is 0 Å². The smallest absolute Gasteiger partial charge is 0.261 e. The highest BCUT2D eigenvalue weighted by atomic mass is 19.1. The molecule has 0 unspecified atom stereocenters. The number of carbonyl (C=O) groups excluding carboxylic acids is 1. The fourth-order valence-electron chi connectivity index (χ4n) is 3.76. The Hall–Kier alpha value is -4.00. The number of unbranched alkanes of at least 4 members (excludes halogenated alkanes) is 1. The first kappa shape index (κ1) is 20.3. The summed E-state index contributed by atoms with van der Waals surface area (Å²) in [4.78, 5) is 25.6. The Labute approximate surface area is 178 Å². The van der Waals surface area contributed by atoms with Crippen LogP contribution in [0.5, 0.6) is 0 Å². The molecule has 0 saturated carbocycles. The molecule has 2 bridgehead atoms. The van der Waals surface area contributed by atoms with Crippen molar-refractivity contribution in [3.8, 4) is 17.3 Å². The van der Waals surface area contributed by atoms with E-state index in [4.69, 9.17) is 10.7 Å². The predicted molar refractivity (Wildman–Crippen MR) is 114 cm³/mol. The van der Waals surface area contributed by atoms with E-state index in [1.807, 2.05) is 6.92 Å². The highest BCUT2D eigenvalue weighted by Gasteiger charge is 2.31. The number of nitriles is 1. The first-order valence-corrected chi connectivity index (χ1v) is 9.82. The average molecular weight is 420 g/mol. The number of hydrogen-bond acceptors (Lipinski definition) is 7. The van der Waals surface area contributed by atoms with Gasteiger partial charge >= 0.3 is 0 Å². The third-order valence-corrected chi connectivity index (χ3v) is 5.25. The van der Waals surface area contributed by atoms with Gasteiger partial charge in [-0.2, -0.15) is 10.4 Å². The van der Waals surface area contributed by atoms with E-state index in [0.29, 0.717) is 35.1 Å². The molecule has 2 N–H and O–H groups in total. The molecule has 1 aliphatic rings. The van der Waals surface area contributed by atoms with Gasteiger partial charge in [0.25, 0.3) is 5.91 Å². The van der Waals surface area contributed by atoms with Crippen LogP contribution in [0.25, 0.3) is 11.3 Å². The lowest BCUT2D eigenvalue weighted by Crippen LogP contribution is -2.32. The zero-order chi connectivity index (χ0) is 22.3. The van der Waals surface area contributed by atoms with Crippen LogP contribution in [0.3, 0.4) is 0 Å². The van der Waals surface area contributed by atoms with E-state index in [9.17, 15) is 14.4 Å².